The molecule has 1 rings (SSSR count). The summed E-state index contributed by atoms with van der Waals surface area (Å²) in [6.07, 6.45) is 0.908. The van der Waals surface area contributed by atoms with E-state index >= 15 is 0 Å². The van der Waals surface area contributed by atoms with E-state index in [1.54, 1.807) is 0 Å². The van der Waals surface area contributed by atoms with E-state index in [1.807, 2.05) is 19.9 Å². The minimum Gasteiger partial charge on any atom is -0.330 e. The molecule has 0 aromatic heterocycles. The lowest BCUT2D eigenvalue weighted by Crippen LogP contribution is -2.08. The second kappa shape index (κ2) is 4.56. The van der Waals surface area contributed by atoms with Gasteiger partial charge in [0, 0.05) is 0 Å². The van der Waals surface area contributed by atoms with Crippen molar-refractivity contribution in [2.75, 3.05) is 6.54 Å². The number of benzene rings is 1. The number of hydrogen-bond donors (Lipinski definition) is 1. The van der Waals surface area contributed by atoms with Crippen LogP contribution in [0.1, 0.15) is 36.0 Å². The molecular weight excluding hydrogens is 177 g/mol. The summed E-state index contributed by atoms with van der Waals surface area (Å²) < 4.78 is 13.3. The van der Waals surface area contributed by atoms with Crippen molar-refractivity contribution >= 4 is 0 Å². The highest BCUT2D eigenvalue weighted by Crippen LogP contribution is 2.27. The van der Waals surface area contributed by atoms with Gasteiger partial charge in [-0.2, -0.15) is 0 Å². The van der Waals surface area contributed by atoms with Crippen molar-refractivity contribution in [1.82, 2.24) is 0 Å². The maximum atomic E-state index is 13.3. The molecule has 1 aromatic rings. The van der Waals surface area contributed by atoms with Crippen molar-refractivity contribution in [3.8, 4) is 0 Å². The van der Waals surface area contributed by atoms with E-state index in [2.05, 4.69) is 6.92 Å². The molecule has 0 aliphatic heterocycles. The summed E-state index contributed by atoms with van der Waals surface area (Å²) in [5.41, 5.74) is 8.56. The summed E-state index contributed by atoms with van der Waals surface area (Å²) in [6.45, 7) is 6.61. The van der Waals surface area contributed by atoms with Gasteiger partial charge in [0.25, 0.3) is 0 Å². The molecule has 0 radical (unpaired) electrons. The Labute approximate surface area is 85.1 Å². The van der Waals surface area contributed by atoms with Crippen LogP contribution in [-0.4, -0.2) is 6.54 Å². The number of nitrogens with two attached hydrogens (primary N) is 1. The Morgan fingerprint density at radius 3 is 2.57 bits per heavy atom. The first-order valence-corrected chi connectivity index (χ1v) is 5.03. The van der Waals surface area contributed by atoms with Crippen LogP contribution in [0, 0.1) is 19.7 Å². The number of halogens is 1. The van der Waals surface area contributed by atoms with Crippen LogP contribution in [0.3, 0.4) is 0 Å². The normalized spacial score (nSPS) is 12.9. The predicted molar refractivity (Wildman–Crippen MR) is 58.0 cm³/mol. The highest BCUT2D eigenvalue weighted by atomic mass is 19.1. The van der Waals surface area contributed by atoms with Crippen LogP contribution in [0.2, 0.25) is 0 Å². The van der Waals surface area contributed by atoms with Crippen molar-refractivity contribution in [2.24, 2.45) is 5.73 Å². The van der Waals surface area contributed by atoms with Crippen LogP contribution in [0.5, 0.6) is 0 Å². The molecule has 1 atom stereocenters. The summed E-state index contributed by atoms with van der Waals surface area (Å²) >= 11 is 0. The minimum atomic E-state index is -0.116. The Morgan fingerprint density at radius 1 is 1.36 bits per heavy atom. The molecule has 1 unspecified atom stereocenters. The van der Waals surface area contributed by atoms with Gasteiger partial charge in [-0.3, -0.25) is 0 Å². The summed E-state index contributed by atoms with van der Waals surface area (Å²) in [5.74, 6) is 0.227. The molecule has 78 valence electrons. The molecular formula is C12H18FN. The Bertz CT molecular complexity index is 320. The first-order valence-electron chi connectivity index (χ1n) is 5.03. The van der Waals surface area contributed by atoms with Gasteiger partial charge >= 0.3 is 0 Å². The van der Waals surface area contributed by atoms with Crippen LogP contribution >= 0.6 is 0 Å². The van der Waals surface area contributed by atoms with E-state index in [0.29, 0.717) is 12.5 Å². The lowest BCUT2D eigenvalue weighted by Gasteiger charge is -2.17. The Hall–Kier alpha value is -0.890. The largest absolute Gasteiger partial charge is 0.330 e. The SMILES string of the molecule is Cc1ccc(F)c(C)c1C(C)CCN. The van der Waals surface area contributed by atoms with Crippen molar-refractivity contribution in [2.45, 2.75) is 33.1 Å². The molecule has 0 aliphatic carbocycles. The van der Waals surface area contributed by atoms with Gasteiger partial charge in [-0.05, 0) is 55.5 Å². The summed E-state index contributed by atoms with van der Waals surface area (Å²) in [4.78, 5) is 0. The molecule has 14 heavy (non-hydrogen) atoms. The molecule has 1 aromatic carbocycles. The van der Waals surface area contributed by atoms with Gasteiger partial charge in [-0.15, -0.1) is 0 Å². The molecule has 0 aliphatic rings. The third kappa shape index (κ3) is 2.13. The van der Waals surface area contributed by atoms with E-state index < -0.39 is 0 Å². The summed E-state index contributed by atoms with van der Waals surface area (Å²) in [5, 5.41) is 0. The first-order chi connectivity index (χ1) is 6.57. The smallest absolute Gasteiger partial charge is 0.126 e. The number of aryl methyl sites for hydroxylation is 1. The maximum Gasteiger partial charge on any atom is 0.126 e. The quantitative estimate of drug-likeness (QED) is 0.788. The third-order valence-electron chi connectivity index (χ3n) is 2.76. The van der Waals surface area contributed by atoms with Crippen molar-refractivity contribution in [3.63, 3.8) is 0 Å². The van der Waals surface area contributed by atoms with Gasteiger partial charge < -0.3 is 5.73 Å². The zero-order chi connectivity index (χ0) is 10.7. The standard InChI is InChI=1S/C12H18FN/c1-8-4-5-11(13)10(3)12(8)9(2)6-7-14/h4-5,9H,6-7,14H2,1-3H3. The van der Waals surface area contributed by atoms with Crippen LogP contribution in [0.15, 0.2) is 12.1 Å². The monoisotopic (exact) mass is 195 g/mol. The van der Waals surface area contributed by atoms with Gasteiger partial charge in [-0.25, -0.2) is 4.39 Å². The molecule has 2 N–H and O–H groups in total. The number of hydrogen-bond acceptors (Lipinski definition) is 1. The molecule has 1 nitrogen and oxygen atoms in total. The fourth-order valence-corrected chi connectivity index (χ4v) is 1.99. The van der Waals surface area contributed by atoms with Crippen molar-refractivity contribution in [3.05, 3.63) is 34.6 Å². The zero-order valence-corrected chi connectivity index (χ0v) is 9.10. The molecule has 0 spiro atoms. The lowest BCUT2D eigenvalue weighted by molar-refractivity contribution is 0.603. The topological polar surface area (TPSA) is 26.0 Å². The minimum absolute atomic E-state index is 0.116. The van der Waals surface area contributed by atoms with E-state index in [-0.39, 0.29) is 5.82 Å². The van der Waals surface area contributed by atoms with E-state index in [0.717, 1.165) is 23.1 Å². The average molecular weight is 195 g/mol. The third-order valence-corrected chi connectivity index (χ3v) is 2.76. The van der Waals surface area contributed by atoms with E-state index in [1.165, 1.54) is 6.07 Å². The van der Waals surface area contributed by atoms with Gasteiger partial charge in [0.05, 0.1) is 0 Å². The van der Waals surface area contributed by atoms with Gasteiger partial charge in [0.1, 0.15) is 5.82 Å². The lowest BCUT2D eigenvalue weighted by atomic mass is 9.90. The second-order valence-corrected chi connectivity index (χ2v) is 3.88. The molecule has 0 saturated carbocycles. The van der Waals surface area contributed by atoms with Crippen molar-refractivity contribution in [1.29, 1.82) is 0 Å². The average Bonchev–Trinajstić information content (AvgIpc) is 2.13. The zero-order valence-electron chi connectivity index (χ0n) is 9.10. The van der Waals surface area contributed by atoms with E-state index in [4.69, 9.17) is 5.73 Å². The molecule has 0 bridgehead atoms. The first kappa shape index (κ1) is 11.2. The molecule has 0 heterocycles. The Balaban J connectivity index is 3.11. The van der Waals surface area contributed by atoms with Gasteiger partial charge in [0.15, 0.2) is 0 Å². The highest BCUT2D eigenvalue weighted by molar-refractivity contribution is 5.37. The Morgan fingerprint density at radius 2 is 2.00 bits per heavy atom. The van der Waals surface area contributed by atoms with Crippen LogP contribution < -0.4 is 5.73 Å². The van der Waals surface area contributed by atoms with Crippen LogP contribution in [0.4, 0.5) is 4.39 Å². The summed E-state index contributed by atoms with van der Waals surface area (Å²) in [7, 11) is 0. The molecule has 0 fully saturated rings. The second-order valence-electron chi connectivity index (χ2n) is 3.88. The van der Waals surface area contributed by atoms with E-state index in [9.17, 15) is 4.39 Å². The Kier molecular flexibility index (Phi) is 3.64. The maximum absolute atomic E-state index is 13.3. The fraction of sp³-hybridized carbons (Fsp3) is 0.500. The van der Waals surface area contributed by atoms with Crippen molar-refractivity contribution < 1.29 is 4.39 Å². The van der Waals surface area contributed by atoms with Gasteiger partial charge in [-0.1, -0.05) is 13.0 Å². The molecule has 2 heteroatoms. The molecule has 0 amide bonds. The van der Waals surface area contributed by atoms with Crippen LogP contribution in [0.25, 0.3) is 0 Å². The molecule has 0 saturated heterocycles. The van der Waals surface area contributed by atoms with Gasteiger partial charge in [0.2, 0.25) is 0 Å². The fourth-order valence-electron chi connectivity index (χ4n) is 1.99. The summed E-state index contributed by atoms with van der Waals surface area (Å²) in [6, 6.07) is 3.37. The number of rotatable bonds is 3. The van der Waals surface area contributed by atoms with Crippen LogP contribution in [-0.2, 0) is 0 Å². The predicted octanol–water partition coefficient (Wildman–Crippen LogP) is 2.89. The highest BCUT2D eigenvalue weighted by Gasteiger charge is 2.13.